The molecule has 0 fully saturated rings. The SMILES string of the molecule is CC(C)(C)NC(=O)C(C)(C)C(=O)Nc1ccc(Cl)c(Cl)c1. The van der Waals surface area contributed by atoms with Gasteiger partial charge in [-0.05, 0) is 52.8 Å². The van der Waals surface area contributed by atoms with Gasteiger partial charge in [0.05, 0.1) is 10.0 Å². The van der Waals surface area contributed by atoms with Gasteiger partial charge in [0.1, 0.15) is 5.41 Å². The molecule has 0 saturated carbocycles. The number of rotatable bonds is 3. The van der Waals surface area contributed by atoms with Gasteiger partial charge < -0.3 is 10.6 Å². The lowest BCUT2D eigenvalue weighted by atomic mass is 9.89. The average Bonchev–Trinajstić information content (AvgIpc) is 2.31. The molecule has 0 saturated heterocycles. The molecule has 4 nitrogen and oxygen atoms in total. The van der Waals surface area contributed by atoms with Crippen LogP contribution in [-0.2, 0) is 9.59 Å². The average molecular weight is 331 g/mol. The number of halogens is 2. The van der Waals surface area contributed by atoms with E-state index in [1.54, 1.807) is 32.0 Å². The number of benzene rings is 1. The van der Waals surface area contributed by atoms with Crippen LogP contribution in [0.25, 0.3) is 0 Å². The van der Waals surface area contributed by atoms with Gasteiger partial charge in [0.15, 0.2) is 0 Å². The summed E-state index contributed by atoms with van der Waals surface area (Å²) in [6, 6.07) is 4.76. The van der Waals surface area contributed by atoms with Gasteiger partial charge in [-0.25, -0.2) is 0 Å². The molecule has 2 N–H and O–H groups in total. The molecule has 0 aromatic heterocycles. The molecular formula is C15H20Cl2N2O2. The Morgan fingerprint density at radius 2 is 1.52 bits per heavy atom. The number of anilines is 1. The fraction of sp³-hybridized carbons (Fsp3) is 0.467. The van der Waals surface area contributed by atoms with Gasteiger partial charge >= 0.3 is 0 Å². The Morgan fingerprint density at radius 1 is 0.952 bits per heavy atom. The molecule has 0 atom stereocenters. The highest BCUT2D eigenvalue weighted by Crippen LogP contribution is 2.26. The summed E-state index contributed by atoms with van der Waals surface area (Å²) in [5.41, 5.74) is -1.12. The van der Waals surface area contributed by atoms with E-state index in [9.17, 15) is 9.59 Å². The topological polar surface area (TPSA) is 58.2 Å². The van der Waals surface area contributed by atoms with Crippen LogP contribution in [0, 0.1) is 5.41 Å². The summed E-state index contributed by atoms with van der Waals surface area (Å²) in [4.78, 5) is 24.5. The molecule has 6 heteroatoms. The smallest absolute Gasteiger partial charge is 0.239 e. The van der Waals surface area contributed by atoms with Crippen LogP contribution in [0.15, 0.2) is 18.2 Å². The molecule has 0 spiro atoms. The van der Waals surface area contributed by atoms with E-state index in [2.05, 4.69) is 10.6 Å². The van der Waals surface area contributed by atoms with Crippen LogP contribution in [0.2, 0.25) is 10.0 Å². The van der Waals surface area contributed by atoms with Crippen molar-refractivity contribution < 1.29 is 9.59 Å². The minimum absolute atomic E-state index is 0.339. The van der Waals surface area contributed by atoms with E-state index >= 15 is 0 Å². The van der Waals surface area contributed by atoms with E-state index in [4.69, 9.17) is 23.2 Å². The third-order valence-electron chi connectivity index (χ3n) is 2.80. The predicted octanol–water partition coefficient (Wildman–Crippen LogP) is 3.87. The van der Waals surface area contributed by atoms with E-state index in [-0.39, 0.29) is 5.91 Å². The second-order valence-corrected chi connectivity index (χ2v) is 7.23. The van der Waals surface area contributed by atoms with Crippen molar-refractivity contribution >= 4 is 40.7 Å². The number of hydrogen-bond donors (Lipinski definition) is 2. The molecule has 0 heterocycles. The molecule has 0 radical (unpaired) electrons. The molecule has 0 unspecified atom stereocenters. The van der Waals surface area contributed by atoms with Crippen molar-refractivity contribution in [3.8, 4) is 0 Å². The molecule has 0 aliphatic rings. The first-order valence-electron chi connectivity index (χ1n) is 6.52. The molecule has 116 valence electrons. The highest BCUT2D eigenvalue weighted by atomic mass is 35.5. The minimum atomic E-state index is -1.21. The van der Waals surface area contributed by atoms with Gasteiger partial charge in [0.25, 0.3) is 0 Å². The molecule has 0 aliphatic heterocycles. The van der Waals surface area contributed by atoms with Gasteiger partial charge in [-0.1, -0.05) is 23.2 Å². The first-order chi connectivity index (χ1) is 9.43. The Labute approximate surface area is 135 Å². The monoisotopic (exact) mass is 330 g/mol. The maximum atomic E-state index is 12.3. The number of carbonyl (C=O) groups is 2. The summed E-state index contributed by atoms with van der Waals surface area (Å²) in [5, 5.41) is 6.22. The highest BCUT2D eigenvalue weighted by Gasteiger charge is 2.37. The van der Waals surface area contributed by atoms with Crippen LogP contribution in [0.4, 0.5) is 5.69 Å². The molecule has 2 amide bonds. The van der Waals surface area contributed by atoms with Crippen LogP contribution in [0.5, 0.6) is 0 Å². The largest absolute Gasteiger partial charge is 0.351 e. The Hall–Kier alpha value is -1.26. The first-order valence-corrected chi connectivity index (χ1v) is 7.28. The van der Waals surface area contributed by atoms with Crippen LogP contribution >= 0.6 is 23.2 Å². The summed E-state index contributed by atoms with van der Waals surface area (Å²) in [6.07, 6.45) is 0. The highest BCUT2D eigenvalue weighted by molar-refractivity contribution is 6.42. The predicted molar refractivity (Wildman–Crippen MR) is 86.8 cm³/mol. The molecule has 1 rings (SSSR count). The van der Waals surface area contributed by atoms with Crippen LogP contribution in [0.1, 0.15) is 34.6 Å². The zero-order valence-corrected chi connectivity index (χ0v) is 14.3. The standard InChI is InChI=1S/C15H20Cl2N2O2/c1-14(2,3)19-13(21)15(4,5)12(20)18-9-6-7-10(16)11(17)8-9/h6-8H,1-5H3,(H,18,20)(H,19,21). The molecule has 1 aromatic rings. The van der Waals surface area contributed by atoms with E-state index in [0.29, 0.717) is 15.7 Å². The lowest BCUT2D eigenvalue weighted by Gasteiger charge is -2.28. The van der Waals surface area contributed by atoms with Crippen molar-refractivity contribution in [2.24, 2.45) is 5.41 Å². The maximum Gasteiger partial charge on any atom is 0.239 e. The van der Waals surface area contributed by atoms with E-state index < -0.39 is 16.9 Å². The van der Waals surface area contributed by atoms with E-state index in [1.165, 1.54) is 0 Å². The van der Waals surface area contributed by atoms with Crippen molar-refractivity contribution in [3.63, 3.8) is 0 Å². The minimum Gasteiger partial charge on any atom is -0.351 e. The Bertz CT molecular complexity index is 563. The molecule has 0 aliphatic carbocycles. The summed E-state index contributed by atoms with van der Waals surface area (Å²) < 4.78 is 0. The normalized spacial score (nSPS) is 12.0. The molecule has 21 heavy (non-hydrogen) atoms. The third-order valence-corrected chi connectivity index (χ3v) is 3.54. The Morgan fingerprint density at radius 3 is 2.00 bits per heavy atom. The third kappa shape index (κ3) is 4.90. The number of amides is 2. The second-order valence-electron chi connectivity index (χ2n) is 6.41. The molecular weight excluding hydrogens is 311 g/mol. The lowest BCUT2D eigenvalue weighted by molar-refractivity contribution is -0.139. The number of carbonyl (C=O) groups excluding carboxylic acids is 2. The Balaban J connectivity index is 2.86. The van der Waals surface area contributed by atoms with Gasteiger partial charge in [-0.15, -0.1) is 0 Å². The van der Waals surface area contributed by atoms with Crippen molar-refractivity contribution in [2.75, 3.05) is 5.32 Å². The first kappa shape index (κ1) is 17.8. The molecule has 0 bridgehead atoms. The number of hydrogen-bond acceptors (Lipinski definition) is 2. The van der Waals surface area contributed by atoms with Gasteiger partial charge in [0.2, 0.25) is 11.8 Å². The summed E-state index contributed by atoms with van der Waals surface area (Å²) in [5.74, 6) is -0.754. The summed E-state index contributed by atoms with van der Waals surface area (Å²) in [6.45, 7) is 8.72. The number of nitrogens with one attached hydrogen (secondary N) is 2. The quantitative estimate of drug-likeness (QED) is 0.826. The second kappa shape index (κ2) is 6.24. The van der Waals surface area contributed by atoms with Crippen molar-refractivity contribution in [3.05, 3.63) is 28.2 Å². The van der Waals surface area contributed by atoms with Crippen LogP contribution in [0.3, 0.4) is 0 Å². The lowest BCUT2D eigenvalue weighted by Crippen LogP contribution is -2.51. The van der Waals surface area contributed by atoms with Crippen molar-refractivity contribution in [1.29, 1.82) is 0 Å². The summed E-state index contributed by atoms with van der Waals surface area (Å²) in [7, 11) is 0. The summed E-state index contributed by atoms with van der Waals surface area (Å²) >= 11 is 11.7. The van der Waals surface area contributed by atoms with Gasteiger partial charge in [0, 0.05) is 11.2 Å². The fourth-order valence-electron chi connectivity index (χ4n) is 1.46. The van der Waals surface area contributed by atoms with Gasteiger partial charge in [-0.3, -0.25) is 9.59 Å². The van der Waals surface area contributed by atoms with Crippen LogP contribution in [-0.4, -0.2) is 17.4 Å². The zero-order valence-electron chi connectivity index (χ0n) is 12.8. The maximum absolute atomic E-state index is 12.3. The van der Waals surface area contributed by atoms with Crippen LogP contribution < -0.4 is 10.6 Å². The van der Waals surface area contributed by atoms with E-state index in [0.717, 1.165) is 0 Å². The van der Waals surface area contributed by atoms with Gasteiger partial charge in [-0.2, -0.15) is 0 Å². The van der Waals surface area contributed by atoms with E-state index in [1.807, 2.05) is 20.8 Å². The fourth-order valence-corrected chi connectivity index (χ4v) is 1.76. The zero-order chi connectivity index (χ0) is 16.4. The molecule has 1 aromatic carbocycles. The van der Waals surface area contributed by atoms with Crippen molar-refractivity contribution in [2.45, 2.75) is 40.2 Å². The van der Waals surface area contributed by atoms with Crippen molar-refractivity contribution in [1.82, 2.24) is 5.32 Å². The Kier molecular flexibility index (Phi) is 5.29.